The summed E-state index contributed by atoms with van der Waals surface area (Å²) in [7, 11) is 0. The fraction of sp³-hybridized carbons (Fsp3) is 0.615. The highest BCUT2D eigenvalue weighted by Gasteiger charge is 2.53. The Morgan fingerprint density at radius 3 is 3.00 bits per heavy atom. The molecule has 0 saturated heterocycles. The van der Waals surface area contributed by atoms with Crippen molar-refractivity contribution in [2.75, 3.05) is 5.32 Å². The number of nitrogens with two attached hydrogens (primary N) is 1. The second-order valence-corrected chi connectivity index (χ2v) is 6.04. The maximum atomic E-state index is 13.7. The van der Waals surface area contributed by atoms with E-state index >= 15 is 0 Å². The molecule has 3 N–H and O–H groups in total. The van der Waals surface area contributed by atoms with Crippen molar-refractivity contribution < 1.29 is 9.18 Å². The van der Waals surface area contributed by atoms with Crippen LogP contribution in [0.2, 0.25) is 5.28 Å². The van der Waals surface area contributed by atoms with E-state index in [4.69, 9.17) is 17.3 Å². The molecule has 2 aliphatic carbocycles. The molecule has 1 heterocycles. The van der Waals surface area contributed by atoms with Gasteiger partial charge in [0.1, 0.15) is 5.78 Å². The van der Waals surface area contributed by atoms with E-state index in [-0.39, 0.29) is 46.7 Å². The molecule has 20 heavy (non-hydrogen) atoms. The van der Waals surface area contributed by atoms with Crippen molar-refractivity contribution in [3.05, 3.63) is 17.3 Å². The van der Waals surface area contributed by atoms with Crippen LogP contribution in [0.1, 0.15) is 19.8 Å². The van der Waals surface area contributed by atoms with Crippen molar-refractivity contribution in [3.8, 4) is 0 Å². The average molecular weight is 299 g/mol. The lowest BCUT2D eigenvalue weighted by molar-refractivity contribution is -0.122. The molecule has 2 fully saturated rings. The predicted octanol–water partition coefficient (Wildman–Crippen LogP) is 1.62. The topological polar surface area (TPSA) is 80.9 Å². The average Bonchev–Trinajstić information content (AvgIpc) is 2.90. The molecule has 3 rings (SSSR count). The first-order chi connectivity index (χ1) is 9.47. The number of anilines is 1. The Morgan fingerprint density at radius 1 is 1.55 bits per heavy atom. The van der Waals surface area contributed by atoms with Crippen LogP contribution in [-0.4, -0.2) is 27.8 Å². The molecule has 0 aliphatic heterocycles. The maximum absolute atomic E-state index is 13.7. The Balaban J connectivity index is 1.88. The Kier molecular flexibility index (Phi) is 3.38. The number of halogens is 2. The quantitative estimate of drug-likeness (QED) is 0.829. The highest BCUT2D eigenvalue weighted by molar-refractivity contribution is 6.28. The largest absolute Gasteiger partial charge is 0.364 e. The van der Waals surface area contributed by atoms with Gasteiger partial charge in [0.05, 0.1) is 6.20 Å². The molecule has 0 unspecified atom stereocenters. The number of hydrogen-bond acceptors (Lipinski definition) is 5. The predicted molar refractivity (Wildman–Crippen MR) is 72.8 cm³/mol. The summed E-state index contributed by atoms with van der Waals surface area (Å²) in [6.07, 6.45) is 2.79. The van der Waals surface area contributed by atoms with Crippen LogP contribution in [0.5, 0.6) is 0 Å². The summed E-state index contributed by atoms with van der Waals surface area (Å²) in [6.45, 7) is 1.58. The highest BCUT2D eigenvalue weighted by Crippen LogP contribution is 2.49. The zero-order valence-corrected chi connectivity index (χ0v) is 11.8. The van der Waals surface area contributed by atoms with Gasteiger partial charge in [0.25, 0.3) is 0 Å². The number of aromatic nitrogens is 2. The number of carbonyl (C=O) groups is 1. The van der Waals surface area contributed by atoms with Crippen LogP contribution < -0.4 is 11.1 Å². The number of fused-ring (bicyclic) bond motifs is 2. The zero-order chi connectivity index (χ0) is 14.4. The molecule has 2 saturated carbocycles. The third-order valence-electron chi connectivity index (χ3n) is 4.54. The minimum absolute atomic E-state index is 0.0271. The molecule has 108 valence electrons. The van der Waals surface area contributed by atoms with Crippen LogP contribution in [0, 0.1) is 23.6 Å². The van der Waals surface area contributed by atoms with E-state index in [1.54, 1.807) is 6.92 Å². The van der Waals surface area contributed by atoms with Gasteiger partial charge in [-0.1, -0.05) is 0 Å². The first-order valence-electron chi connectivity index (χ1n) is 6.68. The lowest BCUT2D eigenvalue weighted by Crippen LogP contribution is -2.46. The van der Waals surface area contributed by atoms with Gasteiger partial charge in [-0.15, -0.1) is 0 Å². The minimum Gasteiger partial charge on any atom is -0.364 e. The zero-order valence-electron chi connectivity index (χ0n) is 11.0. The second kappa shape index (κ2) is 4.93. The molecule has 0 spiro atoms. The van der Waals surface area contributed by atoms with Gasteiger partial charge >= 0.3 is 0 Å². The van der Waals surface area contributed by atoms with E-state index in [2.05, 4.69) is 15.3 Å². The summed E-state index contributed by atoms with van der Waals surface area (Å²) < 4.78 is 13.7. The van der Waals surface area contributed by atoms with Crippen molar-refractivity contribution in [2.24, 2.45) is 23.5 Å². The fourth-order valence-corrected chi connectivity index (χ4v) is 3.93. The molecular formula is C13H16ClFN4O. The van der Waals surface area contributed by atoms with Gasteiger partial charge in [0.2, 0.25) is 5.28 Å². The van der Waals surface area contributed by atoms with Gasteiger partial charge in [-0.05, 0) is 43.2 Å². The third kappa shape index (κ3) is 2.16. The highest BCUT2D eigenvalue weighted by atomic mass is 35.5. The maximum Gasteiger partial charge on any atom is 0.224 e. The van der Waals surface area contributed by atoms with Gasteiger partial charge < -0.3 is 11.1 Å². The van der Waals surface area contributed by atoms with Gasteiger partial charge in [-0.3, -0.25) is 4.79 Å². The SMILES string of the molecule is CC(=O)[C@H]1[C@H]2C[C@@H]([C@H]1Nc1nc(Cl)ncc1F)[C@H](N)C2. The van der Waals surface area contributed by atoms with E-state index in [1.165, 1.54) is 0 Å². The van der Waals surface area contributed by atoms with Crippen molar-refractivity contribution in [1.29, 1.82) is 0 Å². The number of Topliss-reactive ketones (excluding diaryl/α,β-unsaturated/α-hetero) is 1. The summed E-state index contributed by atoms with van der Waals surface area (Å²) in [5.74, 6) is -0.100. The molecule has 0 radical (unpaired) electrons. The summed E-state index contributed by atoms with van der Waals surface area (Å²) in [4.78, 5) is 19.3. The molecule has 0 amide bonds. The Labute approximate surface area is 121 Å². The van der Waals surface area contributed by atoms with Crippen molar-refractivity contribution >= 4 is 23.2 Å². The molecule has 5 atom stereocenters. The summed E-state index contributed by atoms with van der Waals surface area (Å²) in [5.41, 5.74) is 6.09. The molecule has 1 aromatic rings. The Bertz CT molecular complexity index is 555. The number of ketones is 1. The molecule has 2 bridgehead atoms. The number of carbonyl (C=O) groups excluding carboxylic acids is 1. The smallest absolute Gasteiger partial charge is 0.224 e. The van der Waals surface area contributed by atoms with Crippen LogP contribution in [0.25, 0.3) is 0 Å². The first kappa shape index (κ1) is 13.7. The standard InChI is InChI=1S/C13H16ClFN4O/c1-5(20)10-6-2-7(9(16)3-6)11(10)18-12-8(15)4-17-13(14)19-12/h4,6-7,9-11H,2-3,16H2,1H3,(H,17,18,19)/t6-,7+,9+,10-,11+/m0/s1. The first-order valence-corrected chi connectivity index (χ1v) is 7.05. The van der Waals surface area contributed by atoms with E-state index in [0.717, 1.165) is 19.0 Å². The monoisotopic (exact) mass is 298 g/mol. The number of rotatable bonds is 3. The van der Waals surface area contributed by atoms with Crippen LogP contribution >= 0.6 is 11.6 Å². The van der Waals surface area contributed by atoms with Crippen molar-refractivity contribution in [2.45, 2.75) is 31.8 Å². The van der Waals surface area contributed by atoms with Crippen molar-refractivity contribution in [3.63, 3.8) is 0 Å². The van der Waals surface area contributed by atoms with E-state index in [9.17, 15) is 9.18 Å². The van der Waals surface area contributed by atoms with Crippen molar-refractivity contribution in [1.82, 2.24) is 9.97 Å². The lowest BCUT2D eigenvalue weighted by Gasteiger charge is -2.33. The summed E-state index contributed by atoms with van der Waals surface area (Å²) in [6, 6.07) is -0.129. The summed E-state index contributed by atoms with van der Waals surface area (Å²) in [5, 5.41) is 3.00. The molecule has 5 nitrogen and oxygen atoms in total. The van der Waals surface area contributed by atoms with E-state index in [0.29, 0.717) is 0 Å². The van der Waals surface area contributed by atoms with E-state index < -0.39 is 5.82 Å². The van der Waals surface area contributed by atoms with Crippen LogP contribution in [0.3, 0.4) is 0 Å². The van der Waals surface area contributed by atoms with Gasteiger partial charge in [-0.2, -0.15) is 4.98 Å². The van der Waals surface area contributed by atoms with Gasteiger partial charge in [0, 0.05) is 18.0 Å². The van der Waals surface area contributed by atoms with Gasteiger partial charge in [-0.25, -0.2) is 9.37 Å². The van der Waals surface area contributed by atoms with Gasteiger partial charge in [0.15, 0.2) is 11.6 Å². The second-order valence-electron chi connectivity index (χ2n) is 5.70. The third-order valence-corrected chi connectivity index (χ3v) is 4.73. The fourth-order valence-electron chi connectivity index (χ4n) is 3.80. The normalized spacial score (nSPS) is 35.3. The minimum atomic E-state index is -0.576. The molecule has 1 aromatic heterocycles. The van der Waals surface area contributed by atoms with E-state index in [1.807, 2.05) is 0 Å². The molecule has 7 heteroatoms. The molecule has 2 aliphatic rings. The molecular weight excluding hydrogens is 283 g/mol. The number of nitrogens with one attached hydrogen (secondary N) is 1. The Morgan fingerprint density at radius 2 is 2.30 bits per heavy atom. The lowest BCUT2D eigenvalue weighted by atomic mass is 9.80. The number of nitrogens with zero attached hydrogens (tertiary/aromatic N) is 2. The Hall–Kier alpha value is -1.27. The molecule has 0 aromatic carbocycles. The number of hydrogen-bond donors (Lipinski definition) is 2. The van der Waals surface area contributed by atoms with Crippen LogP contribution in [-0.2, 0) is 4.79 Å². The van der Waals surface area contributed by atoms with Crippen LogP contribution in [0.4, 0.5) is 10.2 Å². The summed E-state index contributed by atoms with van der Waals surface area (Å²) >= 11 is 5.69. The van der Waals surface area contributed by atoms with Crippen LogP contribution in [0.15, 0.2) is 6.20 Å².